The van der Waals surface area contributed by atoms with Crippen LogP contribution in [0.3, 0.4) is 0 Å². The Bertz CT molecular complexity index is 738. The van der Waals surface area contributed by atoms with Gasteiger partial charge in [0.05, 0.1) is 26.4 Å². The van der Waals surface area contributed by atoms with E-state index in [0.717, 1.165) is 37.2 Å². The van der Waals surface area contributed by atoms with Crippen molar-refractivity contribution in [3.05, 3.63) is 53.8 Å². The van der Waals surface area contributed by atoms with Gasteiger partial charge >= 0.3 is 0 Å². The minimum Gasteiger partial charge on any atom is -0.485 e. The Morgan fingerprint density at radius 2 is 1.81 bits per heavy atom. The molecular weight excluding hydrogens is 343 g/mol. The van der Waals surface area contributed by atoms with Crippen LogP contribution in [0.1, 0.15) is 32.8 Å². The summed E-state index contributed by atoms with van der Waals surface area (Å²) in [6.07, 6.45) is 1.96. The Morgan fingerprint density at radius 1 is 1.11 bits per heavy atom. The Morgan fingerprint density at radius 3 is 2.41 bits per heavy atom. The Labute approximate surface area is 161 Å². The second kappa shape index (κ2) is 8.85. The molecule has 1 saturated heterocycles. The van der Waals surface area contributed by atoms with Crippen molar-refractivity contribution in [2.75, 3.05) is 26.4 Å². The highest BCUT2D eigenvalue weighted by molar-refractivity contribution is 5.64. The van der Waals surface area contributed by atoms with Gasteiger partial charge in [-0.2, -0.15) is 0 Å². The molecule has 0 spiro atoms. The van der Waals surface area contributed by atoms with Crippen molar-refractivity contribution >= 4 is 0 Å². The molecule has 0 saturated carbocycles. The van der Waals surface area contributed by atoms with Gasteiger partial charge in [0.1, 0.15) is 6.10 Å². The van der Waals surface area contributed by atoms with Crippen LogP contribution in [0.2, 0.25) is 0 Å². The summed E-state index contributed by atoms with van der Waals surface area (Å²) in [6.45, 7) is 8.71. The largest absolute Gasteiger partial charge is 0.485 e. The molecule has 27 heavy (non-hydrogen) atoms. The molecule has 2 aromatic carbocycles. The minimum absolute atomic E-state index is 0.110. The molecule has 0 aromatic heterocycles. The molecule has 146 valence electrons. The molecule has 0 amide bonds. The first-order chi connectivity index (χ1) is 13.0. The van der Waals surface area contributed by atoms with E-state index in [4.69, 9.17) is 14.2 Å². The number of halogens is 1. The predicted molar refractivity (Wildman–Crippen MR) is 106 cm³/mol. The van der Waals surface area contributed by atoms with Crippen LogP contribution in [0.4, 0.5) is 4.39 Å². The highest BCUT2D eigenvalue weighted by Crippen LogP contribution is 2.28. The first-order valence-corrected chi connectivity index (χ1v) is 9.70. The molecule has 1 aliphatic heterocycles. The van der Waals surface area contributed by atoms with E-state index in [-0.39, 0.29) is 23.1 Å². The maximum absolute atomic E-state index is 14.5. The summed E-state index contributed by atoms with van der Waals surface area (Å²) in [6, 6.07) is 13.4. The molecule has 3 rings (SSSR count). The summed E-state index contributed by atoms with van der Waals surface area (Å²) in [5, 5.41) is 0. The lowest BCUT2D eigenvalue weighted by Gasteiger charge is -2.37. The third kappa shape index (κ3) is 5.30. The number of hydrogen-bond donors (Lipinski definition) is 0. The normalized spacial score (nSPS) is 16.6. The van der Waals surface area contributed by atoms with Gasteiger partial charge < -0.3 is 14.2 Å². The zero-order valence-electron chi connectivity index (χ0n) is 16.5. The predicted octanol–water partition coefficient (Wildman–Crippen LogP) is 5.27. The zero-order chi connectivity index (χ0) is 19.3. The fourth-order valence-corrected chi connectivity index (χ4v) is 3.18. The second-order valence-corrected chi connectivity index (χ2v) is 7.84. The van der Waals surface area contributed by atoms with E-state index in [1.807, 2.05) is 25.1 Å². The van der Waals surface area contributed by atoms with Gasteiger partial charge in [0.15, 0.2) is 11.6 Å². The van der Waals surface area contributed by atoms with Crippen molar-refractivity contribution in [1.82, 2.24) is 0 Å². The first kappa shape index (κ1) is 19.8. The van der Waals surface area contributed by atoms with Crippen LogP contribution >= 0.6 is 0 Å². The van der Waals surface area contributed by atoms with E-state index >= 15 is 0 Å². The number of hydrogen-bond acceptors (Lipinski definition) is 3. The third-order valence-electron chi connectivity index (χ3n) is 4.79. The molecule has 4 heteroatoms. The monoisotopic (exact) mass is 372 g/mol. The van der Waals surface area contributed by atoms with Gasteiger partial charge in [-0.25, -0.2) is 4.39 Å². The Hall–Kier alpha value is -1.91. The number of ether oxygens (including phenoxy) is 3. The summed E-state index contributed by atoms with van der Waals surface area (Å²) in [5.74, 6) is -0.0908. The van der Waals surface area contributed by atoms with Crippen molar-refractivity contribution in [2.45, 2.75) is 39.7 Å². The molecule has 1 atom stereocenters. The van der Waals surface area contributed by atoms with E-state index in [1.165, 1.54) is 11.6 Å². The molecular formula is C23H29FO3. The van der Waals surface area contributed by atoms with Gasteiger partial charge in [-0.3, -0.25) is 0 Å². The minimum atomic E-state index is -0.351. The van der Waals surface area contributed by atoms with Gasteiger partial charge in [-0.15, -0.1) is 0 Å². The molecule has 0 bridgehead atoms. The molecule has 1 fully saturated rings. The van der Waals surface area contributed by atoms with Crippen LogP contribution in [0.15, 0.2) is 42.5 Å². The lowest BCUT2D eigenvalue weighted by atomic mass is 9.90. The van der Waals surface area contributed by atoms with Gasteiger partial charge in [0.2, 0.25) is 0 Å². The molecule has 0 radical (unpaired) electrons. The van der Waals surface area contributed by atoms with Gasteiger partial charge in [-0.1, -0.05) is 50.6 Å². The highest BCUT2D eigenvalue weighted by atomic mass is 19.1. The van der Waals surface area contributed by atoms with E-state index in [9.17, 15) is 4.39 Å². The molecule has 1 unspecified atom stereocenters. The SMILES string of the molecule is CCCc1ccc(-c2ccc(OC(C)COCC3(C)COC3)c(F)c2)cc1. The number of aryl methyl sites for hydroxylation is 1. The maximum atomic E-state index is 14.5. The fourth-order valence-electron chi connectivity index (χ4n) is 3.18. The highest BCUT2D eigenvalue weighted by Gasteiger charge is 2.33. The van der Waals surface area contributed by atoms with E-state index in [0.29, 0.717) is 13.2 Å². The van der Waals surface area contributed by atoms with E-state index < -0.39 is 0 Å². The summed E-state index contributed by atoms with van der Waals surface area (Å²) < 4.78 is 31.1. The fraction of sp³-hybridized carbons (Fsp3) is 0.478. The van der Waals surface area contributed by atoms with Gasteiger partial charge in [-0.05, 0) is 42.2 Å². The molecule has 2 aromatic rings. The zero-order valence-corrected chi connectivity index (χ0v) is 16.5. The maximum Gasteiger partial charge on any atom is 0.165 e. The van der Waals surface area contributed by atoms with Crippen molar-refractivity contribution in [2.24, 2.45) is 5.41 Å². The van der Waals surface area contributed by atoms with Crippen molar-refractivity contribution in [3.8, 4) is 16.9 Å². The van der Waals surface area contributed by atoms with E-state index in [2.05, 4.69) is 26.0 Å². The summed E-state index contributed by atoms with van der Waals surface area (Å²) >= 11 is 0. The van der Waals surface area contributed by atoms with Gasteiger partial charge in [0.25, 0.3) is 0 Å². The average Bonchev–Trinajstić information content (AvgIpc) is 2.63. The summed E-state index contributed by atoms with van der Waals surface area (Å²) in [5.41, 5.74) is 3.27. The summed E-state index contributed by atoms with van der Waals surface area (Å²) in [7, 11) is 0. The van der Waals surface area contributed by atoms with Crippen LogP contribution < -0.4 is 4.74 Å². The lowest BCUT2D eigenvalue weighted by molar-refractivity contribution is -0.142. The van der Waals surface area contributed by atoms with Crippen LogP contribution in [0.25, 0.3) is 11.1 Å². The van der Waals surface area contributed by atoms with Crippen LogP contribution in [-0.4, -0.2) is 32.5 Å². The van der Waals surface area contributed by atoms with Crippen LogP contribution in [0, 0.1) is 11.2 Å². The Kier molecular flexibility index (Phi) is 6.51. The topological polar surface area (TPSA) is 27.7 Å². The van der Waals surface area contributed by atoms with Crippen molar-refractivity contribution in [1.29, 1.82) is 0 Å². The molecule has 1 heterocycles. The van der Waals surface area contributed by atoms with Crippen LogP contribution in [0.5, 0.6) is 5.75 Å². The van der Waals surface area contributed by atoms with Crippen molar-refractivity contribution < 1.29 is 18.6 Å². The molecule has 1 aliphatic rings. The Balaban J connectivity index is 1.55. The van der Waals surface area contributed by atoms with E-state index in [1.54, 1.807) is 6.07 Å². The average molecular weight is 372 g/mol. The summed E-state index contributed by atoms with van der Waals surface area (Å²) in [4.78, 5) is 0. The molecule has 0 N–H and O–H groups in total. The van der Waals surface area contributed by atoms with Crippen molar-refractivity contribution in [3.63, 3.8) is 0 Å². The number of rotatable bonds is 9. The molecule has 0 aliphatic carbocycles. The quantitative estimate of drug-likeness (QED) is 0.600. The third-order valence-corrected chi connectivity index (χ3v) is 4.79. The number of benzene rings is 2. The second-order valence-electron chi connectivity index (χ2n) is 7.84. The first-order valence-electron chi connectivity index (χ1n) is 9.70. The van der Waals surface area contributed by atoms with Crippen LogP contribution in [-0.2, 0) is 15.9 Å². The standard InChI is InChI=1S/C23H29FO3/c1-4-5-18-6-8-19(9-7-18)20-10-11-22(21(24)12-20)27-17(2)13-25-14-23(3)15-26-16-23/h6-12,17H,4-5,13-16H2,1-3H3. The lowest BCUT2D eigenvalue weighted by Crippen LogP contribution is -2.44. The van der Waals surface area contributed by atoms with Gasteiger partial charge in [0, 0.05) is 5.41 Å². The smallest absolute Gasteiger partial charge is 0.165 e. The molecule has 3 nitrogen and oxygen atoms in total.